The van der Waals surface area contributed by atoms with Gasteiger partial charge in [0.15, 0.2) is 5.78 Å². The monoisotopic (exact) mass is 411 g/mol. The van der Waals surface area contributed by atoms with Crippen LogP contribution in [0.5, 0.6) is 0 Å². The summed E-state index contributed by atoms with van der Waals surface area (Å²) in [6.07, 6.45) is 0.302. The van der Waals surface area contributed by atoms with Crippen molar-refractivity contribution >= 4 is 28.2 Å². The lowest BCUT2D eigenvalue weighted by atomic mass is 9.63. The topological polar surface area (TPSA) is 55.4 Å². The fourth-order valence-electron chi connectivity index (χ4n) is 5.30. The van der Waals surface area contributed by atoms with Crippen molar-refractivity contribution in [3.8, 4) is 0 Å². The molecule has 3 aromatic carbocycles. The van der Waals surface area contributed by atoms with Gasteiger partial charge in [-0.1, -0.05) is 74.5 Å². The number of nitrogens with one attached hydrogen (secondary N) is 1. The van der Waals surface area contributed by atoms with E-state index in [1.54, 1.807) is 0 Å². The quantitative estimate of drug-likeness (QED) is 0.571. The molecule has 156 valence electrons. The Morgan fingerprint density at radius 3 is 2.45 bits per heavy atom. The summed E-state index contributed by atoms with van der Waals surface area (Å²) < 4.78 is 5.18. The number of methoxy groups -OCH3 is 1. The van der Waals surface area contributed by atoms with Gasteiger partial charge in [0.1, 0.15) is 5.92 Å². The number of rotatable bonds is 2. The zero-order valence-corrected chi connectivity index (χ0v) is 17.9. The Labute approximate surface area is 181 Å². The molecule has 4 nitrogen and oxygen atoms in total. The molecule has 5 rings (SSSR count). The molecule has 2 atom stereocenters. The van der Waals surface area contributed by atoms with Crippen LogP contribution in [-0.4, -0.2) is 18.9 Å². The maximum atomic E-state index is 13.6. The number of esters is 1. The highest BCUT2D eigenvalue weighted by Crippen LogP contribution is 2.53. The Kier molecular flexibility index (Phi) is 4.47. The second kappa shape index (κ2) is 7.09. The predicted molar refractivity (Wildman–Crippen MR) is 122 cm³/mol. The molecule has 0 fully saturated rings. The number of ether oxygens (including phenoxy) is 1. The molecule has 31 heavy (non-hydrogen) atoms. The van der Waals surface area contributed by atoms with Crippen LogP contribution in [0.15, 0.2) is 78.0 Å². The number of hydrogen-bond acceptors (Lipinski definition) is 4. The zero-order valence-electron chi connectivity index (χ0n) is 17.9. The number of fused-ring (bicyclic) bond motifs is 3. The molecular weight excluding hydrogens is 386 g/mol. The molecule has 0 saturated carbocycles. The van der Waals surface area contributed by atoms with Crippen molar-refractivity contribution in [3.63, 3.8) is 0 Å². The van der Waals surface area contributed by atoms with Gasteiger partial charge in [-0.25, -0.2) is 0 Å². The third-order valence-corrected chi connectivity index (χ3v) is 6.66. The van der Waals surface area contributed by atoms with E-state index in [1.165, 1.54) is 7.11 Å². The molecular formula is C27H25NO3. The first kappa shape index (κ1) is 19.6. The minimum absolute atomic E-state index is 0.0834. The number of carbonyl (C=O) groups excluding carboxylic acids is 2. The van der Waals surface area contributed by atoms with Crippen LogP contribution in [0.2, 0.25) is 0 Å². The summed E-state index contributed by atoms with van der Waals surface area (Å²) in [7, 11) is 1.41. The van der Waals surface area contributed by atoms with Crippen LogP contribution in [0.25, 0.3) is 10.8 Å². The molecule has 0 bridgehead atoms. The predicted octanol–water partition coefficient (Wildman–Crippen LogP) is 5.44. The lowest BCUT2D eigenvalue weighted by Crippen LogP contribution is -2.44. The van der Waals surface area contributed by atoms with E-state index in [-0.39, 0.29) is 17.7 Å². The number of Topliss-reactive ketones (excluding diaryl/α,β-unsaturated/α-hetero) is 1. The average Bonchev–Trinajstić information content (AvgIpc) is 2.77. The average molecular weight is 412 g/mol. The van der Waals surface area contributed by atoms with Gasteiger partial charge in [-0.2, -0.15) is 0 Å². The maximum Gasteiger partial charge on any atom is 0.315 e. The molecule has 0 spiro atoms. The van der Waals surface area contributed by atoms with E-state index in [2.05, 4.69) is 41.7 Å². The molecule has 1 N–H and O–H groups in total. The summed E-state index contributed by atoms with van der Waals surface area (Å²) in [5, 5.41) is 5.74. The van der Waals surface area contributed by atoms with Gasteiger partial charge in [0.05, 0.1) is 7.11 Å². The second-order valence-corrected chi connectivity index (χ2v) is 9.09. The Balaban J connectivity index is 1.85. The number of allylic oxidation sites excluding steroid dienone is 1. The van der Waals surface area contributed by atoms with Crippen molar-refractivity contribution in [2.75, 3.05) is 12.4 Å². The number of ketones is 1. The molecule has 0 saturated heterocycles. The van der Waals surface area contributed by atoms with Crippen LogP contribution in [0.3, 0.4) is 0 Å². The van der Waals surface area contributed by atoms with Gasteiger partial charge in [0.2, 0.25) is 0 Å². The first-order valence-electron chi connectivity index (χ1n) is 10.6. The van der Waals surface area contributed by atoms with E-state index in [1.807, 2.05) is 44.2 Å². The highest BCUT2D eigenvalue weighted by molar-refractivity contribution is 6.06. The number of carbonyl (C=O) groups is 2. The van der Waals surface area contributed by atoms with Crippen LogP contribution in [0, 0.1) is 11.3 Å². The molecule has 3 aromatic rings. The number of hydrogen-bond donors (Lipinski definition) is 1. The van der Waals surface area contributed by atoms with Crippen LogP contribution in [0.1, 0.15) is 37.3 Å². The molecule has 0 unspecified atom stereocenters. The van der Waals surface area contributed by atoms with E-state index in [9.17, 15) is 9.59 Å². The zero-order chi connectivity index (χ0) is 21.8. The minimum atomic E-state index is -0.536. The molecule has 1 aliphatic carbocycles. The smallest absolute Gasteiger partial charge is 0.315 e. The Morgan fingerprint density at radius 1 is 1.00 bits per heavy atom. The summed E-state index contributed by atoms with van der Waals surface area (Å²) in [4.78, 5) is 26.5. The first-order valence-corrected chi connectivity index (χ1v) is 10.6. The van der Waals surface area contributed by atoms with Crippen LogP contribution >= 0.6 is 0 Å². The van der Waals surface area contributed by atoms with Gasteiger partial charge < -0.3 is 10.1 Å². The third-order valence-electron chi connectivity index (χ3n) is 6.66. The van der Waals surface area contributed by atoms with Gasteiger partial charge >= 0.3 is 5.97 Å². The van der Waals surface area contributed by atoms with E-state index in [0.29, 0.717) is 17.7 Å². The van der Waals surface area contributed by atoms with Crippen molar-refractivity contribution in [1.29, 1.82) is 0 Å². The Morgan fingerprint density at radius 2 is 1.71 bits per heavy atom. The molecule has 0 amide bonds. The highest BCUT2D eigenvalue weighted by atomic mass is 16.5. The standard InChI is InChI=1S/C27H25NO3/c1-27(2)15-20(29)23-21(17-10-5-4-6-11-17)22-18-12-8-7-9-16(18)13-14-19(22)28-25(23)24(27)26(30)31-3/h4-14,21,24,28H,15H2,1-3H3/t21-,24-/m0/s1. The van der Waals surface area contributed by atoms with E-state index in [0.717, 1.165) is 27.6 Å². The summed E-state index contributed by atoms with van der Waals surface area (Å²) in [5.41, 5.74) is 3.90. The van der Waals surface area contributed by atoms with Crippen molar-refractivity contribution in [2.24, 2.45) is 11.3 Å². The van der Waals surface area contributed by atoms with E-state index in [4.69, 9.17) is 4.74 Å². The lowest BCUT2D eigenvalue weighted by molar-refractivity contribution is -0.148. The van der Waals surface area contributed by atoms with Crippen LogP contribution in [0.4, 0.5) is 5.69 Å². The lowest BCUT2D eigenvalue weighted by Gasteiger charge is -2.44. The summed E-state index contributed by atoms with van der Waals surface area (Å²) in [6, 6.07) is 22.5. The van der Waals surface area contributed by atoms with E-state index < -0.39 is 11.3 Å². The van der Waals surface area contributed by atoms with Crippen LogP contribution < -0.4 is 5.32 Å². The van der Waals surface area contributed by atoms with Gasteiger partial charge in [-0.05, 0) is 33.4 Å². The normalized spacial score (nSPS) is 21.8. The first-order chi connectivity index (χ1) is 14.9. The second-order valence-electron chi connectivity index (χ2n) is 9.09. The molecule has 2 aliphatic rings. The molecule has 4 heteroatoms. The maximum absolute atomic E-state index is 13.6. The summed E-state index contributed by atoms with van der Waals surface area (Å²) in [5.74, 6) is -1.00. The minimum Gasteiger partial charge on any atom is -0.468 e. The molecule has 0 aromatic heterocycles. The van der Waals surface area contributed by atoms with E-state index >= 15 is 0 Å². The van der Waals surface area contributed by atoms with Crippen molar-refractivity contribution in [3.05, 3.63) is 89.1 Å². The summed E-state index contributed by atoms with van der Waals surface area (Å²) in [6.45, 7) is 3.93. The Bertz CT molecular complexity index is 1240. The largest absolute Gasteiger partial charge is 0.468 e. The van der Waals surface area contributed by atoms with Gasteiger partial charge in [0, 0.05) is 29.3 Å². The summed E-state index contributed by atoms with van der Waals surface area (Å²) >= 11 is 0. The number of anilines is 1. The Hall–Kier alpha value is -3.40. The molecule has 0 radical (unpaired) electrons. The van der Waals surface area contributed by atoms with Crippen molar-refractivity contribution in [2.45, 2.75) is 26.2 Å². The fraction of sp³-hybridized carbons (Fsp3) is 0.259. The molecule has 1 heterocycles. The highest BCUT2D eigenvalue weighted by Gasteiger charge is 2.50. The fourth-order valence-corrected chi connectivity index (χ4v) is 5.30. The number of benzene rings is 3. The van der Waals surface area contributed by atoms with Gasteiger partial charge in [-0.3, -0.25) is 9.59 Å². The van der Waals surface area contributed by atoms with Crippen molar-refractivity contribution in [1.82, 2.24) is 0 Å². The van der Waals surface area contributed by atoms with Crippen LogP contribution in [-0.2, 0) is 14.3 Å². The third kappa shape index (κ3) is 2.97. The van der Waals surface area contributed by atoms with Gasteiger partial charge in [-0.15, -0.1) is 0 Å². The molecule has 1 aliphatic heterocycles. The SMILES string of the molecule is COC(=O)[C@@H]1C2=C(C(=O)CC1(C)C)[C@@H](c1ccccc1)c1c(ccc3ccccc13)N2. The van der Waals surface area contributed by atoms with Crippen molar-refractivity contribution < 1.29 is 14.3 Å². The van der Waals surface area contributed by atoms with Gasteiger partial charge in [0.25, 0.3) is 0 Å².